The second-order valence-corrected chi connectivity index (χ2v) is 13.7. The van der Waals surface area contributed by atoms with Gasteiger partial charge in [-0.05, 0) is 128 Å². The molecule has 0 bridgehead atoms. The van der Waals surface area contributed by atoms with Crippen molar-refractivity contribution in [2.75, 3.05) is 11.4 Å². The van der Waals surface area contributed by atoms with Crippen LogP contribution in [0.5, 0.6) is 0 Å². The van der Waals surface area contributed by atoms with Crippen LogP contribution in [0, 0.1) is 24.7 Å². The van der Waals surface area contributed by atoms with Crippen molar-refractivity contribution in [2.24, 2.45) is 17.8 Å². The van der Waals surface area contributed by atoms with Crippen molar-refractivity contribution in [1.82, 2.24) is 0 Å². The minimum Gasteiger partial charge on any atom is -0.345 e. The van der Waals surface area contributed by atoms with Crippen LogP contribution in [-0.2, 0) is 6.42 Å². The van der Waals surface area contributed by atoms with Crippen LogP contribution in [0.1, 0.15) is 106 Å². The highest BCUT2D eigenvalue weighted by molar-refractivity contribution is 8.11. The van der Waals surface area contributed by atoms with E-state index >= 15 is 0 Å². The van der Waals surface area contributed by atoms with E-state index in [0.717, 1.165) is 17.9 Å². The summed E-state index contributed by atoms with van der Waals surface area (Å²) in [6.45, 7) is 19.1. The van der Waals surface area contributed by atoms with Gasteiger partial charge in [0.2, 0.25) is 0 Å². The molecule has 1 nitrogen and oxygen atoms in total. The summed E-state index contributed by atoms with van der Waals surface area (Å²) in [6.07, 6.45) is 15.6. The van der Waals surface area contributed by atoms with Gasteiger partial charge in [0.15, 0.2) is 0 Å². The van der Waals surface area contributed by atoms with Crippen molar-refractivity contribution in [1.29, 1.82) is 0 Å². The highest BCUT2D eigenvalue weighted by Crippen LogP contribution is 2.46. The predicted molar refractivity (Wildman–Crippen MR) is 173 cm³/mol. The van der Waals surface area contributed by atoms with Gasteiger partial charge < -0.3 is 4.90 Å². The van der Waals surface area contributed by atoms with Crippen molar-refractivity contribution in [3.63, 3.8) is 0 Å². The molecule has 0 aliphatic heterocycles. The number of benzene rings is 2. The van der Waals surface area contributed by atoms with Crippen LogP contribution in [0.2, 0.25) is 0 Å². The number of allylic oxidation sites excluding steroid dienone is 2. The van der Waals surface area contributed by atoms with Gasteiger partial charge >= 0.3 is 0 Å². The smallest absolute Gasteiger partial charge is 0.0414 e. The van der Waals surface area contributed by atoms with Gasteiger partial charge in [0.25, 0.3) is 0 Å². The zero-order valence-electron chi connectivity index (χ0n) is 24.5. The lowest BCUT2D eigenvalue weighted by Gasteiger charge is -2.38. The first-order chi connectivity index (χ1) is 18.9. The van der Waals surface area contributed by atoms with Crippen LogP contribution in [0.4, 0.5) is 5.69 Å². The Morgan fingerprint density at radius 2 is 1.59 bits per heavy atom. The highest BCUT2D eigenvalue weighted by Gasteiger charge is 2.29. The first-order valence-corrected chi connectivity index (χ1v) is 16.5. The number of anilines is 1. The number of thioether (sulfide) groups is 1. The Kier molecular flexibility index (Phi) is 9.44. The predicted octanol–water partition coefficient (Wildman–Crippen LogP) is 11.1. The monoisotopic (exact) mass is 539 g/mol. The molecule has 208 valence electrons. The van der Waals surface area contributed by atoms with Crippen molar-refractivity contribution < 1.29 is 0 Å². The highest BCUT2D eigenvalue weighted by atomic mass is 32.2. The van der Waals surface area contributed by atoms with E-state index in [-0.39, 0.29) is 0 Å². The molecule has 3 saturated carbocycles. The van der Waals surface area contributed by atoms with Gasteiger partial charge in [-0.1, -0.05) is 88.0 Å². The molecule has 3 aliphatic rings. The van der Waals surface area contributed by atoms with Gasteiger partial charge in [-0.15, -0.1) is 0 Å². The summed E-state index contributed by atoms with van der Waals surface area (Å²) in [6, 6.07) is 16.3. The summed E-state index contributed by atoms with van der Waals surface area (Å²) < 4.78 is 0. The third-order valence-corrected chi connectivity index (χ3v) is 10.8. The maximum absolute atomic E-state index is 4.75. The van der Waals surface area contributed by atoms with Crippen LogP contribution >= 0.6 is 11.8 Å². The normalized spacial score (nSPS) is 21.9. The minimum absolute atomic E-state index is 0.617. The van der Waals surface area contributed by atoms with E-state index in [2.05, 4.69) is 74.4 Å². The van der Waals surface area contributed by atoms with E-state index in [0.29, 0.717) is 23.7 Å². The summed E-state index contributed by atoms with van der Waals surface area (Å²) in [5, 5.41) is 0. The lowest BCUT2D eigenvalue weighted by Crippen LogP contribution is -2.34. The van der Waals surface area contributed by atoms with Gasteiger partial charge in [-0.3, -0.25) is 0 Å². The molecule has 5 rings (SSSR count). The first-order valence-electron chi connectivity index (χ1n) is 15.6. The van der Waals surface area contributed by atoms with Crippen LogP contribution in [0.15, 0.2) is 72.8 Å². The fourth-order valence-corrected chi connectivity index (χ4v) is 7.87. The number of hydrogen-bond donors (Lipinski definition) is 0. The lowest BCUT2D eigenvalue weighted by atomic mass is 9.77. The largest absolute Gasteiger partial charge is 0.345 e. The molecule has 0 radical (unpaired) electrons. The van der Waals surface area contributed by atoms with Crippen LogP contribution in [0.25, 0.3) is 4.91 Å². The molecular formula is C37H49NS. The summed E-state index contributed by atoms with van der Waals surface area (Å²) >= 11 is 1.79. The molecule has 0 aromatic heterocycles. The third-order valence-electron chi connectivity index (χ3n) is 9.70. The molecule has 0 atom stereocenters. The third kappa shape index (κ3) is 7.12. The number of aryl methyl sites for hydroxylation is 2. The zero-order valence-corrected chi connectivity index (χ0v) is 25.3. The molecule has 3 aliphatic carbocycles. The fourth-order valence-electron chi connectivity index (χ4n) is 6.90. The number of nitrogens with zero attached hydrogens (tertiary/aromatic N) is 1. The molecule has 2 aromatic rings. The lowest BCUT2D eigenvalue weighted by molar-refractivity contribution is 0.323. The Hall–Kier alpha value is -2.19. The number of rotatable bonds is 11. The molecule has 0 saturated heterocycles. The summed E-state index contributed by atoms with van der Waals surface area (Å²) in [5.41, 5.74) is 8.39. The van der Waals surface area contributed by atoms with Gasteiger partial charge in [0.1, 0.15) is 0 Å². The molecule has 3 fully saturated rings. The molecular weight excluding hydrogens is 490 g/mol. The van der Waals surface area contributed by atoms with E-state index < -0.39 is 0 Å². The van der Waals surface area contributed by atoms with Gasteiger partial charge in [-0.25, -0.2) is 0 Å². The molecule has 0 unspecified atom stereocenters. The zero-order chi connectivity index (χ0) is 27.4. The minimum atomic E-state index is 0.617. The van der Waals surface area contributed by atoms with Gasteiger partial charge in [-0.2, -0.15) is 0 Å². The van der Waals surface area contributed by atoms with Crippen molar-refractivity contribution in [3.05, 3.63) is 95.1 Å². The van der Waals surface area contributed by atoms with Crippen molar-refractivity contribution in [2.45, 2.75) is 96.8 Å². The molecule has 2 heteroatoms. The van der Waals surface area contributed by atoms with Crippen molar-refractivity contribution in [3.8, 4) is 0 Å². The average Bonchev–Trinajstić information content (AvgIpc) is 3.82. The quantitative estimate of drug-likeness (QED) is 0.279. The molecule has 0 heterocycles. The summed E-state index contributed by atoms with van der Waals surface area (Å²) in [5.74, 6) is 2.74. The van der Waals surface area contributed by atoms with E-state index in [1.165, 1.54) is 104 Å². The van der Waals surface area contributed by atoms with E-state index in [9.17, 15) is 0 Å². The molecule has 0 N–H and O–H groups in total. The maximum Gasteiger partial charge on any atom is 0.0414 e. The maximum atomic E-state index is 4.75. The van der Waals surface area contributed by atoms with E-state index in [1.807, 2.05) is 0 Å². The molecule has 0 spiro atoms. The second kappa shape index (κ2) is 13.0. The average molecular weight is 540 g/mol. The van der Waals surface area contributed by atoms with Crippen LogP contribution < -0.4 is 4.90 Å². The second-order valence-electron chi connectivity index (χ2n) is 12.5. The van der Waals surface area contributed by atoms with Crippen molar-refractivity contribution >= 4 is 22.4 Å². The Morgan fingerprint density at radius 1 is 0.846 bits per heavy atom. The SMILES string of the molecule is C=C(SC(=C)C1CC1)c1cccc(N(CC2CCC(c3ccc(CC)c(C)c3)CC2)C(=C)C2CCCCC2)c1. The molecule has 0 amide bonds. The topological polar surface area (TPSA) is 3.24 Å². The van der Waals surface area contributed by atoms with Crippen LogP contribution in [0.3, 0.4) is 0 Å². The Labute approximate surface area is 242 Å². The van der Waals surface area contributed by atoms with Gasteiger partial charge in [0.05, 0.1) is 0 Å². The first kappa shape index (κ1) is 28.3. The summed E-state index contributed by atoms with van der Waals surface area (Å²) in [4.78, 5) is 5.02. The Balaban J connectivity index is 1.29. The molecule has 2 aromatic carbocycles. The van der Waals surface area contributed by atoms with E-state index in [1.54, 1.807) is 17.3 Å². The molecule has 39 heavy (non-hydrogen) atoms. The number of hydrogen-bond acceptors (Lipinski definition) is 2. The van der Waals surface area contributed by atoms with E-state index in [4.69, 9.17) is 6.58 Å². The van der Waals surface area contributed by atoms with Gasteiger partial charge in [0, 0.05) is 22.8 Å². The van der Waals surface area contributed by atoms with Crippen LogP contribution in [-0.4, -0.2) is 6.54 Å². The Morgan fingerprint density at radius 3 is 2.26 bits per heavy atom. The standard InChI is InChI=1S/C37H49NS/c1-6-31-19-22-36(23-26(31)2)34-17-15-30(16-18-34)25-38(27(3)32-11-8-7-9-12-32)37-14-10-13-35(24-37)29(5)39-28(4)33-20-21-33/h10,13-14,19,22-24,30,32-34H,3-9,11-12,15-18,20-21,25H2,1-2H3. The fraction of sp³-hybridized carbons (Fsp3) is 0.514. The Bertz CT molecular complexity index is 1170. The summed E-state index contributed by atoms with van der Waals surface area (Å²) in [7, 11) is 0.